The molecule has 2 heterocycles. The van der Waals surface area contributed by atoms with Crippen molar-refractivity contribution in [1.29, 1.82) is 0 Å². The molecule has 0 spiro atoms. The Morgan fingerprint density at radius 3 is 2.80 bits per heavy atom. The van der Waals surface area contributed by atoms with Gasteiger partial charge in [0.15, 0.2) is 0 Å². The number of para-hydroxylation sites is 1. The summed E-state index contributed by atoms with van der Waals surface area (Å²) in [5, 5.41) is 18.9. The van der Waals surface area contributed by atoms with Crippen LogP contribution in [0.3, 0.4) is 0 Å². The summed E-state index contributed by atoms with van der Waals surface area (Å²) in [6.45, 7) is 3.53. The molecule has 25 heavy (non-hydrogen) atoms. The molecule has 0 fully saturated rings. The molecule has 2 amide bonds. The number of aryl methyl sites for hydroxylation is 1. The second-order valence-corrected chi connectivity index (χ2v) is 6.96. The second-order valence-electron chi connectivity index (χ2n) is 5.98. The van der Waals surface area contributed by atoms with Crippen molar-refractivity contribution in [2.24, 2.45) is 0 Å². The van der Waals surface area contributed by atoms with Gasteiger partial charge in [-0.1, -0.05) is 18.2 Å². The van der Waals surface area contributed by atoms with Crippen molar-refractivity contribution in [1.82, 2.24) is 15.1 Å². The van der Waals surface area contributed by atoms with Crippen molar-refractivity contribution in [3.63, 3.8) is 0 Å². The van der Waals surface area contributed by atoms with E-state index in [2.05, 4.69) is 15.7 Å². The minimum Gasteiger partial charge on any atom is -0.392 e. The summed E-state index contributed by atoms with van der Waals surface area (Å²) >= 11 is 1.72. The van der Waals surface area contributed by atoms with Gasteiger partial charge in [0, 0.05) is 23.6 Å². The number of amides is 2. The first kappa shape index (κ1) is 17.5. The van der Waals surface area contributed by atoms with Crippen LogP contribution in [0.5, 0.6) is 0 Å². The standard InChI is InChI=1S/C17H20N4O3S/c1-10-5-3-4-6-14(10)21-15(12-8-25-9-13(12)20-21)19-17(24)16(23)18-7-11(2)22/h3-6,11,22H,7-9H2,1-2H3,(H,18,23)(H,19,24)/t11-/m1/s1. The Morgan fingerprint density at radius 2 is 2.08 bits per heavy atom. The van der Waals surface area contributed by atoms with E-state index in [0.717, 1.165) is 34.0 Å². The summed E-state index contributed by atoms with van der Waals surface area (Å²) in [7, 11) is 0. The Bertz CT molecular complexity index is 816. The maximum Gasteiger partial charge on any atom is 0.314 e. The predicted octanol–water partition coefficient (Wildman–Crippen LogP) is 1.36. The van der Waals surface area contributed by atoms with Crippen LogP contribution >= 0.6 is 11.8 Å². The Morgan fingerprint density at radius 1 is 1.32 bits per heavy atom. The number of rotatable bonds is 4. The van der Waals surface area contributed by atoms with Gasteiger partial charge in [-0.05, 0) is 25.5 Å². The smallest absolute Gasteiger partial charge is 0.314 e. The van der Waals surface area contributed by atoms with E-state index in [-0.39, 0.29) is 6.54 Å². The normalized spacial score (nSPS) is 14.0. The Kier molecular flexibility index (Phi) is 5.10. The van der Waals surface area contributed by atoms with E-state index in [4.69, 9.17) is 0 Å². The fourth-order valence-electron chi connectivity index (χ4n) is 2.60. The van der Waals surface area contributed by atoms with Gasteiger partial charge in [0.2, 0.25) is 0 Å². The van der Waals surface area contributed by atoms with E-state index in [0.29, 0.717) is 5.82 Å². The summed E-state index contributed by atoms with van der Waals surface area (Å²) in [6.07, 6.45) is -0.713. The zero-order valence-electron chi connectivity index (χ0n) is 14.1. The lowest BCUT2D eigenvalue weighted by molar-refractivity contribution is -0.136. The Labute approximate surface area is 149 Å². The summed E-state index contributed by atoms with van der Waals surface area (Å²) in [6, 6.07) is 7.74. The third-order valence-corrected chi connectivity index (χ3v) is 4.86. The van der Waals surface area contributed by atoms with Crippen LogP contribution in [0.25, 0.3) is 5.69 Å². The molecule has 0 saturated heterocycles. The van der Waals surface area contributed by atoms with E-state index in [1.54, 1.807) is 16.4 Å². The van der Waals surface area contributed by atoms with Crippen molar-refractivity contribution in [3.8, 4) is 5.69 Å². The number of aliphatic hydroxyl groups is 1. The Hall–Kier alpha value is -2.32. The molecule has 3 rings (SSSR count). The number of hydrogen-bond acceptors (Lipinski definition) is 5. The van der Waals surface area contributed by atoms with Gasteiger partial charge in [0.05, 0.1) is 17.5 Å². The maximum atomic E-state index is 12.2. The SMILES string of the molecule is Cc1ccccc1-n1nc2c(c1NC(=O)C(=O)NC[C@@H](C)O)CSC2. The Balaban J connectivity index is 1.89. The summed E-state index contributed by atoms with van der Waals surface area (Å²) in [4.78, 5) is 24.2. The zero-order valence-corrected chi connectivity index (χ0v) is 14.9. The molecule has 0 radical (unpaired) electrons. The van der Waals surface area contributed by atoms with Crippen LogP contribution in [0, 0.1) is 6.92 Å². The number of aromatic nitrogens is 2. The third-order valence-electron chi connectivity index (χ3n) is 3.89. The number of fused-ring (bicyclic) bond motifs is 1. The highest BCUT2D eigenvalue weighted by molar-refractivity contribution is 7.98. The number of nitrogens with zero attached hydrogens (tertiary/aromatic N) is 2. The van der Waals surface area contributed by atoms with Gasteiger partial charge in [0.1, 0.15) is 5.82 Å². The lowest BCUT2D eigenvalue weighted by Gasteiger charge is -2.13. The highest BCUT2D eigenvalue weighted by Gasteiger charge is 2.26. The van der Waals surface area contributed by atoms with E-state index >= 15 is 0 Å². The number of aliphatic hydroxyl groups excluding tert-OH is 1. The number of carbonyl (C=O) groups is 2. The lowest BCUT2D eigenvalue weighted by atomic mass is 10.2. The van der Waals surface area contributed by atoms with Gasteiger partial charge in [-0.3, -0.25) is 9.59 Å². The molecule has 0 unspecified atom stereocenters. The molecule has 2 aromatic rings. The van der Waals surface area contributed by atoms with Crippen molar-refractivity contribution >= 4 is 29.4 Å². The van der Waals surface area contributed by atoms with Crippen LogP contribution in [-0.4, -0.2) is 39.4 Å². The van der Waals surface area contributed by atoms with Crippen LogP contribution in [0.15, 0.2) is 24.3 Å². The molecule has 1 aliphatic rings. The molecule has 0 aliphatic carbocycles. The summed E-state index contributed by atoms with van der Waals surface area (Å²) < 4.78 is 1.69. The quantitative estimate of drug-likeness (QED) is 0.716. The molecule has 1 atom stereocenters. The molecule has 1 aromatic heterocycles. The fourth-order valence-corrected chi connectivity index (χ4v) is 3.64. The molecule has 0 bridgehead atoms. The second kappa shape index (κ2) is 7.28. The van der Waals surface area contributed by atoms with E-state index < -0.39 is 17.9 Å². The first-order valence-corrected chi connectivity index (χ1v) is 9.14. The molecule has 8 heteroatoms. The van der Waals surface area contributed by atoms with Gasteiger partial charge < -0.3 is 15.7 Å². The van der Waals surface area contributed by atoms with Gasteiger partial charge in [-0.15, -0.1) is 0 Å². The average molecular weight is 360 g/mol. The van der Waals surface area contributed by atoms with Gasteiger partial charge in [0.25, 0.3) is 0 Å². The third kappa shape index (κ3) is 3.69. The highest BCUT2D eigenvalue weighted by Crippen LogP contribution is 2.36. The molecule has 3 N–H and O–H groups in total. The van der Waals surface area contributed by atoms with E-state index in [9.17, 15) is 14.7 Å². The first-order chi connectivity index (χ1) is 12.0. The molecule has 1 aromatic carbocycles. The number of nitrogens with one attached hydrogen (secondary N) is 2. The van der Waals surface area contributed by atoms with Crippen LogP contribution in [0.4, 0.5) is 5.82 Å². The van der Waals surface area contributed by atoms with Crippen molar-refractivity contribution in [2.45, 2.75) is 31.5 Å². The van der Waals surface area contributed by atoms with E-state index in [1.165, 1.54) is 6.92 Å². The molecular weight excluding hydrogens is 340 g/mol. The minimum atomic E-state index is -0.780. The molecule has 1 aliphatic heterocycles. The van der Waals surface area contributed by atoms with Gasteiger partial charge in [-0.2, -0.15) is 16.9 Å². The van der Waals surface area contributed by atoms with Crippen molar-refractivity contribution < 1.29 is 14.7 Å². The highest BCUT2D eigenvalue weighted by atomic mass is 32.2. The zero-order chi connectivity index (χ0) is 18.0. The van der Waals surface area contributed by atoms with Crippen LogP contribution < -0.4 is 10.6 Å². The number of carbonyl (C=O) groups excluding carboxylic acids is 2. The lowest BCUT2D eigenvalue weighted by Crippen LogP contribution is -2.39. The predicted molar refractivity (Wildman–Crippen MR) is 96.6 cm³/mol. The van der Waals surface area contributed by atoms with Crippen LogP contribution in [-0.2, 0) is 21.1 Å². The first-order valence-electron chi connectivity index (χ1n) is 7.99. The maximum absolute atomic E-state index is 12.2. The van der Waals surface area contributed by atoms with Gasteiger partial charge >= 0.3 is 11.8 Å². The molecule has 132 valence electrons. The number of thioether (sulfide) groups is 1. The fraction of sp³-hybridized carbons (Fsp3) is 0.353. The van der Waals surface area contributed by atoms with Crippen LogP contribution in [0.1, 0.15) is 23.7 Å². The molecular formula is C17H20N4O3S. The monoisotopic (exact) mass is 360 g/mol. The van der Waals surface area contributed by atoms with Gasteiger partial charge in [-0.25, -0.2) is 4.68 Å². The van der Waals surface area contributed by atoms with E-state index in [1.807, 2.05) is 31.2 Å². The van der Waals surface area contributed by atoms with Crippen molar-refractivity contribution in [2.75, 3.05) is 11.9 Å². The largest absolute Gasteiger partial charge is 0.392 e. The van der Waals surface area contributed by atoms with Crippen molar-refractivity contribution in [3.05, 3.63) is 41.1 Å². The molecule has 0 saturated carbocycles. The minimum absolute atomic E-state index is 0.0251. The summed E-state index contributed by atoms with van der Waals surface area (Å²) in [5.41, 5.74) is 3.75. The summed E-state index contributed by atoms with van der Waals surface area (Å²) in [5.74, 6) is 0.511. The van der Waals surface area contributed by atoms with Crippen LogP contribution in [0.2, 0.25) is 0 Å². The molecule has 7 nitrogen and oxygen atoms in total. The number of hydrogen-bond donors (Lipinski definition) is 3. The number of benzene rings is 1. The topological polar surface area (TPSA) is 96.2 Å². The number of anilines is 1. The average Bonchev–Trinajstić information content (AvgIpc) is 3.15.